The number of hydrazone groups is 1. The van der Waals surface area contributed by atoms with Gasteiger partial charge in [0.05, 0.1) is 12.8 Å². The van der Waals surface area contributed by atoms with E-state index in [4.69, 9.17) is 11.6 Å². The van der Waals surface area contributed by atoms with E-state index in [1.807, 2.05) is 35.7 Å². The number of benzene rings is 1. The first-order valence-corrected chi connectivity index (χ1v) is 9.95. The Morgan fingerprint density at radius 2 is 1.97 bits per heavy atom. The first kappa shape index (κ1) is 19.2. The number of aromatic nitrogens is 4. The highest BCUT2D eigenvalue weighted by atomic mass is 35.5. The number of anilines is 1. The highest BCUT2D eigenvalue weighted by Gasteiger charge is 2.19. The molecule has 0 saturated heterocycles. The average molecular weight is 429 g/mol. The minimum atomic E-state index is -0.446. The Bertz CT molecular complexity index is 1330. The van der Waals surface area contributed by atoms with E-state index in [1.54, 1.807) is 35.2 Å². The molecule has 0 radical (unpaired) electrons. The van der Waals surface area contributed by atoms with E-state index < -0.39 is 11.2 Å². The second kappa shape index (κ2) is 7.69. The van der Waals surface area contributed by atoms with E-state index in [0.717, 1.165) is 15.0 Å². The Hall–Kier alpha value is -3.17. The van der Waals surface area contributed by atoms with E-state index in [1.165, 1.54) is 11.6 Å². The minimum Gasteiger partial charge on any atom is -0.298 e. The van der Waals surface area contributed by atoms with Crippen LogP contribution >= 0.6 is 22.9 Å². The fourth-order valence-corrected chi connectivity index (χ4v) is 3.78. The lowest BCUT2D eigenvalue weighted by molar-refractivity contribution is 0.702. The van der Waals surface area contributed by atoms with Gasteiger partial charge in [-0.1, -0.05) is 35.9 Å². The Morgan fingerprint density at radius 3 is 2.69 bits per heavy atom. The molecular formula is C19H17ClN6O2S. The van der Waals surface area contributed by atoms with Crippen LogP contribution in [0.2, 0.25) is 5.02 Å². The summed E-state index contributed by atoms with van der Waals surface area (Å²) in [7, 11) is 3.02. The third-order valence-corrected chi connectivity index (χ3v) is 5.71. The smallest absolute Gasteiger partial charge is 0.298 e. The number of aryl methyl sites for hydroxylation is 1. The van der Waals surface area contributed by atoms with Gasteiger partial charge in [0.1, 0.15) is 0 Å². The van der Waals surface area contributed by atoms with E-state index in [9.17, 15) is 9.59 Å². The number of hydrogen-bond donors (Lipinski definition) is 1. The van der Waals surface area contributed by atoms with Crippen LogP contribution in [0.3, 0.4) is 0 Å². The standard InChI is InChI=1S/C19H17ClN6O2S/c1-24-16-15(17(27)25(2)19(24)28)26(11-12-6-3-4-8-14(12)20)18(22-16)23-21-10-13-7-5-9-29-13/h3-10H,11H2,1-2H3,(H,22,23). The lowest BCUT2D eigenvalue weighted by Gasteiger charge is -2.10. The van der Waals surface area contributed by atoms with Crippen molar-refractivity contribution in [1.29, 1.82) is 0 Å². The number of fused-ring (bicyclic) bond motifs is 1. The molecule has 10 heteroatoms. The van der Waals surface area contributed by atoms with Crippen LogP contribution in [0.4, 0.5) is 5.95 Å². The molecule has 0 fully saturated rings. The van der Waals surface area contributed by atoms with Crippen molar-refractivity contribution < 1.29 is 0 Å². The Balaban J connectivity index is 1.88. The summed E-state index contributed by atoms with van der Waals surface area (Å²) in [6.45, 7) is 0.292. The van der Waals surface area contributed by atoms with Crippen molar-refractivity contribution in [3.8, 4) is 0 Å². The molecule has 0 atom stereocenters. The summed E-state index contributed by atoms with van der Waals surface area (Å²) < 4.78 is 4.09. The van der Waals surface area contributed by atoms with Crippen LogP contribution in [0.5, 0.6) is 0 Å². The average Bonchev–Trinajstić information content (AvgIpc) is 3.35. The van der Waals surface area contributed by atoms with Gasteiger partial charge in [-0.15, -0.1) is 11.3 Å². The van der Waals surface area contributed by atoms with Gasteiger partial charge in [0.25, 0.3) is 5.56 Å². The molecule has 29 heavy (non-hydrogen) atoms. The van der Waals surface area contributed by atoms with Crippen LogP contribution in [0.25, 0.3) is 11.2 Å². The highest BCUT2D eigenvalue weighted by molar-refractivity contribution is 7.11. The van der Waals surface area contributed by atoms with Gasteiger partial charge in [-0.05, 0) is 23.1 Å². The lowest BCUT2D eigenvalue weighted by atomic mass is 10.2. The molecule has 1 aromatic carbocycles. The topological polar surface area (TPSA) is 86.2 Å². The molecule has 3 aromatic heterocycles. The van der Waals surface area contributed by atoms with Gasteiger partial charge >= 0.3 is 5.69 Å². The van der Waals surface area contributed by atoms with Crippen molar-refractivity contribution in [2.45, 2.75) is 6.54 Å². The first-order valence-electron chi connectivity index (χ1n) is 8.69. The van der Waals surface area contributed by atoms with E-state index in [2.05, 4.69) is 15.5 Å². The summed E-state index contributed by atoms with van der Waals surface area (Å²) in [4.78, 5) is 30.6. The fourth-order valence-electron chi connectivity index (χ4n) is 3.00. The molecule has 0 bridgehead atoms. The van der Waals surface area contributed by atoms with E-state index in [-0.39, 0.29) is 5.65 Å². The van der Waals surface area contributed by atoms with Crippen molar-refractivity contribution in [2.75, 3.05) is 5.43 Å². The van der Waals surface area contributed by atoms with Crippen molar-refractivity contribution in [1.82, 2.24) is 18.7 Å². The maximum Gasteiger partial charge on any atom is 0.332 e. The fraction of sp³-hybridized carbons (Fsp3) is 0.158. The maximum atomic E-state index is 12.9. The van der Waals surface area contributed by atoms with Crippen molar-refractivity contribution in [3.05, 3.63) is 78.1 Å². The Morgan fingerprint density at radius 1 is 1.17 bits per heavy atom. The van der Waals surface area contributed by atoms with E-state index in [0.29, 0.717) is 23.0 Å². The molecule has 0 amide bonds. The molecule has 8 nitrogen and oxygen atoms in total. The summed E-state index contributed by atoms with van der Waals surface area (Å²) in [6.07, 6.45) is 1.67. The second-order valence-electron chi connectivity index (χ2n) is 6.38. The zero-order valence-corrected chi connectivity index (χ0v) is 17.2. The van der Waals surface area contributed by atoms with E-state index >= 15 is 0 Å². The number of thiophene rings is 1. The molecule has 1 N–H and O–H groups in total. The molecule has 0 spiro atoms. The first-order chi connectivity index (χ1) is 14.0. The van der Waals surface area contributed by atoms with Crippen LogP contribution in [0, 0.1) is 0 Å². The molecule has 4 rings (SSSR count). The molecule has 148 valence electrons. The molecule has 0 unspecified atom stereocenters. The molecule has 0 aliphatic heterocycles. The Labute approximate surface area is 174 Å². The largest absolute Gasteiger partial charge is 0.332 e. The van der Waals surface area contributed by atoms with Crippen LogP contribution in [-0.2, 0) is 20.6 Å². The molecule has 4 aromatic rings. The lowest BCUT2D eigenvalue weighted by Crippen LogP contribution is -2.37. The van der Waals surface area contributed by atoms with Crippen molar-refractivity contribution >= 4 is 46.3 Å². The zero-order chi connectivity index (χ0) is 20.5. The Kier molecular flexibility index (Phi) is 5.08. The number of nitrogens with zero attached hydrogens (tertiary/aromatic N) is 5. The molecule has 3 heterocycles. The van der Waals surface area contributed by atoms with Gasteiger partial charge in [0.15, 0.2) is 11.2 Å². The second-order valence-corrected chi connectivity index (χ2v) is 7.76. The van der Waals surface area contributed by atoms with Gasteiger partial charge in [-0.25, -0.2) is 10.2 Å². The number of nitrogens with one attached hydrogen (secondary N) is 1. The van der Waals surface area contributed by atoms with Gasteiger partial charge in [-0.3, -0.25) is 18.5 Å². The zero-order valence-electron chi connectivity index (χ0n) is 15.7. The van der Waals surface area contributed by atoms with Crippen LogP contribution in [0.15, 0.2) is 56.5 Å². The predicted molar refractivity (Wildman–Crippen MR) is 116 cm³/mol. The van der Waals surface area contributed by atoms with Crippen LogP contribution in [0.1, 0.15) is 10.4 Å². The van der Waals surface area contributed by atoms with Crippen LogP contribution < -0.4 is 16.7 Å². The molecular weight excluding hydrogens is 412 g/mol. The normalized spacial score (nSPS) is 11.6. The molecule has 0 aliphatic rings. The summed E-state index contributed by atoms with van der Waals surface area (Å²) >= 11 is 7.87. The number of hydrogen-bond acceptors (Lipinski definition) is 6. The van der Waals surface area contributed by atoms with Crippen molar-refractivity contribution in [3.63, 3.8) is 0 Å². The van der Waals surface area contributed by atoms with Crippen LogP contribution in [-0.4, -0.2) is 24.9 Å². The van der Waals surface area contributed by atoms with Gasteiger partial charge in [0.2, 0.25) is 5.95 Å². The summed E-state index contributed by atoms with van der Waals surface area (Å²) in [5.74, 6) is 0.339. The predicted octanol–water partition coefficient (Wildman–Crippen LogP) is 2.64. The molecule has 0 saturated carbocycles. The summed E-state index contributed by atoms with van der Waals surface area (Å²) in [5.41, 5.74) is 3.40. The number of rotatable bonds is 5. The van der Waals surface area contributed by atoms with Crippen molar-refractivity contribution in [2.24, 2.45) is 19.2 Å². The molecule has 0 aliphatic carbocycles. The summed E-state index contributed by atoms with van der Waals surface area (Å²) in [5, 5.41) is 6.76. The maximum absolute atomic E-state index is 12.9. The quantitative estimate of drug-likeness (QED) is 0.391. The SMILES string of the molecule is Cn1c(=O)c2c(nc(NN=Cc3cccs3)n2Cc2ccccc2Cl)n(C)c1=O. The number of imidazole rings is 1. The highest BCUT2D eigenvalue weighted by Crippen LogP contribution is 2.22. The van der Waals surface area contributed by atoms with Gasteiger partial charge in [0, 0.05) is 24.0 Å². The monoisotopic (exact) mass is 428 g/mol. The third-order valence-electron chi connectivity index (χ3n) is 4.53. The minimum absolute atomic E-state index is 0.277. The number of halogens is 1. The van der Waals surface area contributed by atoms with Gasteiger partial charge in [-0.2, -0.15) is 10.1 Å². The summed E-state index contributed by atoms with van der Waals surface area (Å²) in [6, 6.07) is 11.2. The van der Waals surface area contributed by atoms with Gasteiger partial charge < -0.3 is 0 Å². The third kappa shape index (κ3) is 3.50.